The van der Waals surface area contributed by atoms with Gasteiger partial charge in [0, 0.05) is 31.2 Å². The Hall–Kier alpha value is -2.83. The Kier molecular flexibility index (Phi) is 4.97. The van der Waals surface area contributed by atoms with Gasteiger partial charge in [0.25, 0.3) is 5.91 Å². The number of methoxy groups -OCH3 is 1. The number of nitrogens with zero attached hydrogens (tertiary/aromatic N) is 3. The molecule has 1 amide bonds. The third-order valence-corrected chi connectivity index (χ3v) is 4.95. The number of carboxylic acids is 1. The largest absolute Gasteiger partial charge is 0.497 e. The zero-order valence-electron chi connectivity index (χ0n) is 15.2. The van der Waals surface area contributed by atoms with Crippen molar-refractivity contribution >= 4 is 11.9 Å². The van der Waals surface area contributed by atoms with E-state index in [9.17, 15) is 14.7 Å². The lowest BCUT2D eigenvalue weighted by Crippen LogP contribution is -2.30. The second-order valence-electron chi connectivity index (χ2n) is 6.52. The van der Waals surface area contributed by atoms with Gasteiger partial charge in [0.1, 0.15) is 5.75 Å². The Morgan fingerprint density at radius 3 is 2.69 bits per heavy atom. The molecule has 1 aliphatic rings. The quantitative estimate of drug-likeness (QED) is 0.886. The normalized spacial score (nSPS) is 19.6. The first kappa shape index (κ1) is 18.0. The molecule has 0 unspecified atom stereocenters. The van der Waals surface area contributed by atoms with E-state index in [-0.39, 0.29) is 18.4 Å². The summed E-state index contributed by atoms with van der Waals surface area (Å²) >= 11 is 0. The standard InChI is InChI=1S/C19H23N3O4/c1-4-22-12(2)8-17(20-22)18(23)21-10-15(16(11-21)19(24)25)13-6-5-7-14(9-13)26-3/h5-9,15-16H,4,10-11H2,1-3H3,(H,24,25)/t15-,16+/m0/s1. The van der Waals surface area contributed by atoms with Crippen molar-refractivity contribution in [3.8, 4) is 5.75 Å². The maximum atomic E-state index is 12.8. The lowest BCUT2D eigenvalue weighted by atomic mass is 9.89. The van der Waals surface area contributed by atoms with Gasteiger partial charge in [-0.1, -0.05) is 12.1 Å². The Labute approximate surface area is 152 Å². The fourth-order valence-electron chi connectivity index (χ4n) is 3.53. The van der Waals surface area contributed by atoms with Crippen LogP contribution in [0.2, 0.25) is 0 Å². The minimum absolute atomic E-state index is 0.175. The number of likely N-dealkylation sites (tertiary alicyclic amines) is 1. The topological polar surface area (TPSA) is 84.7 Å². The number of carbonyl (C=O) groups excluding carboxylic acids is 1. The fourth-order valence-corrected chi connectivity index (χ4v) is 3.53. The van der Waals surface area contributed by atoms with Gasteiger partial charge in [0.15, 0.2) is 5.69 Å². The molecule has 1 aromatic carbocycles. The highest BCUT2D eigenvalue weighted by Crippen LogP contribution is 2.35. The summed E-state index contributed by atoms with van der Waals surface area (Å²) in [6.45, 7) is 5.07. The van der Waals surface area contributed by atoms with Gasteiger partial charge in [0.2, 0.25) is 0 Å². The molecule has 1 saturated heterocycles. The average molecular weight is 357 g/mol. The van der Waals surface area contributed by atoms with Gasteiger partial charge in [0.05, 0.1) is 13.0 Å². The Bertz CT molecular complexity index is 830. The van der Waals surface area contributed by atoms with E-state index >= 15 is 0 Å². The van der Waals surface area contributed by atoms with Gasteiger partial charge < -0.3 is 14.7 Å². The van der Waals surface area contributed by atoms with E-state index in [4.69, 9.17) is 4.74 Å². The number of ether oxygens (including phenoxy) is 1. The maximum absolute atomic E-state index is 12.8. The van der Waals surface area contributed by atoms with E-state index < -0.39 is 11.9 Å². The minimum atomic E-state index is -0.900. The molecule has 138 valence electrons. The van der Waals surface area contributed by atoms with Crippen LogP contribution in [-0.4, -0.2) is 51.9 Å². The van der Waals surface area contributed by atoms with Crippen LogP contribution in [0.3, 0.4) is 0 Å². The summed E-state index contributed by atoms with van der Waals surface area (Å²) in [6.07, 6.45) is 0. The Balaban J connectivity index is 1.86. The van der Waals surface area contributed by atoms with Crippen molar-refractivity contribution in [1.29, 1.82) is 0 Å². The smallest absolute Gasteiger partial charge is 0.308 e. The Morgan fingerprint density at radius 1 is 1.31 bits per heavy atom. The molecule has 0 spiro atoms. The van der Waals surface area contributed by atoms with Crippen LogP contribution in [-0.2, 0) is 11.3 Å². The molecule has 2 heterocycles. The summed E-state index contributed by atoms with van der Waals surface area (Å²) in [5.74, 6) is -1.38. The molecular formula is C19H23N3O4. The predicted molar refractivity (Wildman–Crippen MR) is 95.4 cm³/mol. The molecule has 0 radical (unpaired) electrons. The van der Waals surface area contributed by atoms with Crippen LogP contribution in [0.5, 0.6) is 5.75 Å². The molecule has 7 heteroatoms. The van der Waals surface area contributed by atoms with Crippen LogP contribution in [0, 0.1) is 12.8 Å². The van der Waals surface area contributed by atoms with E-state index in [2.05, 4.69) is 5.10 Å². The highest BCUT2D eigenvalue weighted by atomic mass is 16.5. The van der Waals surface area contributed by atoms with Crippen LogP contribution in [0.15, 0.2) is 30.3 Å². The molecule has 26 heavy (non-hydrogen) atoms. The van der Waals surface area contributed by atoms with Crippen molar-refractivity contribution in [3.63, 3.8) is 0 Å². The molecule has 1 fully saturated rings. The van der Waals surface area contributed by atoms with Gasteiger partial charge in [-0.15, -0.1) is 0 Å². The van der Waals surface area contributed by atoms with E-state index in [1.807, 2.05) is 38.1 Å². The highest BCUT2D eigenvalue weighted by Gasteiger charge is 2.41. The maximum Gasteiger partial charge on any atom is 0.308 e. The van der Waals surface area contributed by atoms with Crippen LogP contribution in [0.4, 0.5) is 0 Å². The molecular weight excluding hydrogens is 334 g/mol. The molecule has 1 aliphatic heterocycles. The molecule has 2 aromatic rings. The summed E-state index contributed by atoms with van der Waals surface area (Å²) in [5, 5.41) is 14.0. The number of amides is 1. The van der Waals surface area contributed by atoms with Crippen molar-refractivity contribution in [3.05, 3.63) is 47.3 Å². The number of carboxylic acid groups (broad SMARTS) is 1. The lowest BCUT2D eigenvalue weighted by Gasteiger charge is -2.16. The molecule has 3 rings (SSSR count). The third-order valence-electron chi connectivity index (χ3n) is 4.95. The van der Waals surface area contributed by atoms with Gasteiger partial charge in [-0.2, -0.15) is 5.10 Å². The number of aliphatic carboxylic acids is 1. The lowest BCUT2D eigenvalue weighted by molar-refractivity contribution is -0.141. The van der Waals surface area contributed by atoms with E-state index in [1.54, 1.807) is 22.8 Å². The van der Waals surface area contributed by atoms with Gasteiger partial charge in [-0.3, -0.25) is 14.3 Å². The Morgan fingerprint density at radius 2 is 2.08 bits per heavy atom. The van der Waals surface area contributed by atoms with Crippen LogP contribution < -0.4 is 4.74 Å². The van der Waals surface area contributed by atoms with Crippen LogP contribution in [0.1, 0.15) is 34.6 Å². The summed E-state index contributed by atoms with van der Waals surface area (Å²) in [6, 6.07) is 9.12. The highest BCUT2D eigenvalue weighted by molar-refractivity contribution is 5.93. The predicted octanol–water partition coefficient (Wildman–Crippen LogP) is 2.16. The van der Waals surface area contributed by atoms with Crippen LogP contribution in [0.25, 0.3) is 0 Å². The molecule has 7 nitrogen and oxygen atoms in total. The molecule has 1 aromatic heterocycles. The minimum Gasteiger partial charge on any atom is -0.497 e. The second kappa shape index (κ2) is 7.19. The summed E-state index contributed by atoms with van der Waals surface area (Å²) in [4.78, 5) is 26.2. The number of hydrogen-bond acceptors (Lipinski definition) is 4. The molecule has 1 N–H and O–H groups in total. The van der Waals surface area contributed by atoms with Gasteiger partial charge >= 0.3 is 5.97 Å². The SMILES string of the molecule is CCn1nc(C(=O)N2C[C@@H](C(=O)O)[C@H](c3cccc(OC)c3)C2)cc1C. The molecule has 0 bridgehead atoms. The summed E-state index contributed by atoms with van der Waals surface area (Å²) in [7, 11) is 1.57. The molecule has 0 saturated carbocycles. The zero-order chi connectivity index (χ0) is 18.8. The van der Waals surface area contributed by atoms with Gasteiger partial charge in [-0.05, 0) is 37.6 Å². The number of carbonyl (C=O) groups is 2. The number of hydrogen-bond donors (Lipinski definition) is 1. The molecule has 2 atom stereocenters. The first-order valence-electron chi connectivity index (χ1n) is 8.65. The summed E-state index contributed by atoms with van der Waals surface area (Å²) in [5.41, 5.74) is 2.14. The van der Waals surface area contributed by atoms with Crippen molar-refractivity contribution in [2.45, 2.75) is 26.3 Å². The number of aryl methyl sites for hydroxylation is 2. The monoisotopic (exact) mass is 357 g/mol. The van der Waals surface area contributed by atoms with E-state index in [1.165, 1.54) is 0 Å². The van der Waals surface area contributed by atoms with Crippen molar-refractivity contribution < 1.29 is 19.4 Å². The first-order valence-corrected chi connectivity index (χ1v) is 8.65. The first-order chi connectivity index (χ1) is 12.4. The average Bonchev–Trinajstić information content (AvgIpc) is 3.25. The van der Waals surface area contributed by atoms with E-state index in [0.29, 0.717) is 24.5 Å². The van der Waals surface area contributed by atoms with Crippen molar-refractivity contribution in [2.24, 2.45) is 5.92 Å². The van der Waals surface area contributed by atoms with Crippen LogP contribution >= 0.6 is 0 Å². The third kappa shape index (κ3) is 3.29. The number of aromatic nitrogens is 2. The van der Waals surface area contributed by atoms with Gasteiger partial charge in [-0.25, -0.2) is 0 Å². The fraction of sp³-hybridized carbons (Fsp3) is 0.421. The van der Waals surface area contributed by atoms with Crippen molar-refractivity contribution in [1.82, 2.24) is 14.7 Å². The zero-order valence-corrected chi connectivity index (χ0v) is 15.2. The van der Waals surface area contributed by atoms with E-state index in [0.717, 1.165) is 11.3 Å². The second-order valence-corrected chi connectivity index (χ2v) is 6.52. The molecule has 0 aliphatic carbocycles. The van der Waals surface area contributed by atoms with Crippen molar-refractivity contribution in [2.75, 3.05) is 20.2 Å². The number of benzene rings is 1. The number of rotatable bonds is 5. The summed E-state index contributed by atoms with van der Waals surface area (Å²) < 4.78 is 7.00.